The van der Waals surface area contributed by atoms with E-state index < -0.39 is 11.8 Å². The SMILES string of the molecule is CCCOC(=O)C(C)=O.CN(C)C=O. The molecule has 0 unspecified atom stereocenters. The molecule has 0 heterocycles. The third kappa shape index (κ3) is 13.2. The summed E-state index contributed by atoms with van der Waals surface area (Å²) in [7, 11) is 3.38. The summed E-state index contributed by atoms with van der Waals surface area (Å²) in [5.74, 6) is -1.28. The molecule has 0 spiro atoms. The number of nitrogens with zero attached hydrogens (tertiary/aromatic N) is 1. The standard InChI is InChI=1S/C6H10O3.C3H7NO/c1-3-4-9-6(8)5(2)7;1-4(2)3-5/h3-4H2,1-2H3;3H,1-2H3. The highest BCUT2D eigenvalue weighted by Gasteiger charge is 2.06. The van der Waals surface area contributed by atoms with Crippen LogP contribution in [0.1, 0.15) is 20.3 Å². The summed E-state index contributed by atoms with van der Waals surface area (Å²) < 4.78 is 4.46. The van der Waals surface area contributed by atoms with E-state index in [1.54, 1.807) is 14.1 Å². The van der Waals surface area contributed by atoms with E-state index in [0.717, 1.165) is 12.8 Å². The molecule has 0 saturated heterocycles. The third-order valence-electron chi connectivity index (χ3n) is 0.936. The van der Waals surface area contributed by atoms with Gasteiger partial charge in [0.15, 0.2) is 0 Å². The second-order valence-electron chi connectivity index (χ2n) is 2.76. The van der Waals surface area contributed by atoms with Crippen LogP contribution in [0.5, 0.6) is 0 Å². The van der Waals surface area contributed by atoms with Gasteiger partial charge in [0.05, 0.1) is 6.61 Å². The van der Waals surface area contributed by atoms with Gasteiger partial charge in [0.25, 0.3) is 0 Å². The van der Waals surface area contributed by atoms with Gasteiger partial charge in [-0.1, -0.05) is 6.92 Å². The van der Waals surface area contributed by atoms with Gasteiger partial charge in [0.2, 0.25) is 12.2 Å². The van der Waals surface area contributed by atoms with Crippen LogP contribution < -0.4 is 0 Å². The molecule has 0 rings (SSSR count). The van der Waals surface area contributed by atoms with Crippen molar-refractivity contribution in [1.29, 1.82) is 0 Å². The van der Waals surface area contributed by atoms with Crippen molar-refractivity contribution >= 4 is 18.2 Å². The number of ether oxygens (including phenoxy) is 1. The van der Waals surface area contributed by atoms with Gasteiger partial charge in [-0.15, -0.1) is 0 Å². The second-order valence-corrected chi connectivity index (χ2v) is 2.76. The quantitative estimate of drug-likeness (QED) is 0.373. The summed E-state index contributed by atoms with van der Waals surface area (Å²) in [6.45, 7) is 3.39. The summed E-state index contributed by atoms with van der Waals surface area (Å²) in [5.41, 5.74) is 0. The summed E-state index contributed by atoms with van der Waals surface area (Å²) in [6.07, 6.45) is 1.50. The van der Waals surface area contributed by atoms with Crippen molar-refractivity contribution in [3.63, 3.8) is 0 Å². The van der Waals surface area contributed by atoms with Gasteiger partial charge in [-0.2, -0.15) is 0 Å². The Hall–Kier alpha value is -1.39. The molecular weight excluding hydrogens is 186 g/mol. The first-order valence-electron chi connectivity index (χ1n) is 4.25. The molecule has 0 aliphatic rings. The molecule has 5 heteroatoms. The first-order chi connectivity index (χ1) is 6.45. The number of amides is 1. The van der Waals surface area contributed by atoms with Crippen molar-refractivity contribution in [2.75, 3.05) is 20.7 Å². The number of hydrogen-bond donors (Lipinski definition) is 0. The van der Waals surface area contributed by atoms with Crippen molar-refractivity contribution in [3.05, 3.63) is 0 Å². The minimum absolute atomic E-state index is 0.332. The lowest BCUT2D eigenvalue weighted by molar-refractivity contribution is -0.152. The first-order valence-corrected chi connectivity index (χ1v) is 4.25. The van der Waals surface area contributed by atoms with Gasteiger partial charge >= 0.3 is 5.97 Å². The molecule has 82 valence electrons. The Morgan fingerprint density at radius 1 is 1.36 bits per heavy atom. The molecule has 0 aromatic heterocycles. The van der Waals surface area contributed by atoms with Gasteiger partial charge in [-0.3, -0.25) is 9.59 Å². The highest BCUT2D eigenvalue weighted by molar-refractivity contribution is 6.32. The van der Waals surface area contributed by atoms with Crippen LogP contribution in [0.3, 0.4) is 0 Å². The van der Waals surface area contributed by atoms with Crippen molar-refractivity contribution < 1.29 is 19.1 Å². The molecule has 1 amide bonds. The zero-order chi connectivity index (χ0) is 11.6. The summed E-state index contributed by atoms with van der Waals surface area (Å²) in [5, 5.41) is 0. The maximum absolute atomic E-state index is 10.3. The van der Waals surface area contributed by atoms with E-state index in [1.807, 2.05) is 6.92 Å². The highest BCUT2D eigenvalue weighted by Crippen LogP contribution is 1.82. The fourth-order valence-corrected chi connectivity index (χ4v) is 0.296. The van der Waals surface area contributed by atoms with Gasteiger partial charge in [0, 0.05) is 21.0 Å². The lowest BCUT2D eigenvalue weighted by Gasteiger charge is -1.96. The monoisotopic (exact) mass is 203 g/mol. The largest absolute Gasteiger partial charge is 0.460 e. The van der Waals surface area contributed by atoms with Gasteiger partial charge in [-0.05, 0) is 6.42 Å². The molecule has 0 radical (unpaired) electrons. The molecule has 0 aliphatic carbocycles. The number of esters is 1. The van der Waals surface area contributed by atoms with Crippen LogP contribution in [0.25, 0.3) is 0 Å². The summed E-state index contributed by atoms with van der Waals surface area (Å²) >= 11 is 0. The molecule has 5 nitrogen and oxygen atoms in total. The maximum atomic E-state index is 10.3. The van der Waals surface area contributed by atoms with Crippen LogP contribution in [0, 0.1) is 0 Å². The molecule has 0 fully saturated rings. The predicted octanol–water partition coefficient (Wildman–Crippen LogP) is 0.233. The van der Waals surface area contributed by atoms with E-state index in [1.165, 1.54) is 11.8 Å². The number of rotatable bonds is 4. The fourth-order valence-electron chi connectivity index (χ4n) is 0.296. The summed E-state index contributed by atoms with van der Waals surface area (Å²) in [6, 6.07) is 0. The van der Waals surface area contributed by atoms with E-state index in [2.05, 4.69) is 4.74 Å². The van der Waals surface area contributed by atoms with Crippen LogP contribution in [0.2, 0.25) is 0 Å². The normalized spacial score (nSPS) is 8.00. The Kier molecular flexibility index (Phi) is 10.5. The molecular formula is C9H17NO4. The second kappa shape index (κ2) is 9.70. The fraction of sp³-hybridized carbons (Fsp3) is 0.667. The molecule has 0 aliphatic heterocycles. The topological polar surface area (TPSA) is 63.7 Å². The zero-order valence-electron chi connectivity index (χ0n) is 9.07. The highest BCUT2D eigenvalue weighted by atomic mass is 16.5. The van der Waals surface area contributed by atoms with E-state index in [-0.39, 0.29) is 0 Å². The number of hydrogen-bond acceptors (Lipinski definition) is 4. The van der Waals surface area contributed by atoms with Gasteiger partial charge < -0.3 is 9.64 Å². The lowest BCUT2D eigenvalue weighted by Crippen LogP contribution is -2.13. The van der Waals surface area contributed by atoms with Crippen molar-refractivity contribution in [2.24, 2.45) is 0 Å². The van der Waals surface area contributed by atoms with E-state index >= 15 is 0 Å². The van der Waals surface area contributed by atoms with Crippen LogP contribution in [0.15, 0.2) is 0 Å². The van der Waals surface area contributed by atoms with Crippen molar-refractivity contribution in [2.45, 2.75) is 20.3 Å². The third-order valence-corrected chi connectivity index (χ3v) is 0.936. The smallest absolute Gasteiger partial charge is 0.374 e. The van der Waals surface area contributed by atoms with Crippen LogP contribution >= 0.6 is 0 Å². The number of carbonyl (C=O) groups excluding carboxylic acids is 3. The van der Waals surface area contributed by atoms with Gasteiger partial charge in [-0.25, -0.2) is 4.79 Å². The molecule has 14 heavy (non-hydrogen) atoms. The minimum Gasteiger partial charge on any atom is -0.460 e. The Morgan fingerprint density at radius 3 is 2.00 bits per heavy atom. The van der Waals surface area contributed by atoms with E-state index in [0.29, 0.717) is 6.61 Å². The number of ketones is 1. The lowest BCUT2D eigenvalue weighted by atomic mass is 10.4. The number of Topliss-reactive ketones (excluding diaryl/α,β-unsaturated/α-hetero) is 1. The van der Waals surface area contributed by atoms with Crippen molar-refractivity contribution in [1.82, 2.24) is 4.90 Å². The molecule has 0 atom stereocenters. The average molecular weight is 203 g/mol. The maximum Gasteiger partial charge on any atom is 0.374 e. The van der Waals surface area contributed by atoms with Crippen LogP contribution in [-0.2, 0) is 19.1 Å². The average Bonchev–Trinajstić information content (AvgIpc) is 2.14. The van der Waals surface area contributed by atoms with E-state index in [9.17, 15) is 14.4 Å². The first kappa shape index (κ1) is 15.1. The van der Waals surface area contributed by atoms with Crippen LogP contribution in [-0.4, -0.2) is 43.8 Å². The molecule has 0 bridgehead atoms. The Labute approximate surface area is 84.0 Å². The zero-order valence-corrected chi connectivity index (χ0v) is 9.07. The number of carbonyl (C=O) groups is 3. The molecule has 0 N–H and O–H groups in total. The predicted molar refractivity (Wildman–Crippen MR) is 51.7 cm³/mol. The summed E-state index contributed by atoms with van der Waals surface area (Å²) in [4.78, 5) is 31.4. The van der Waals surface area contributed by atoms with Crippen LogP contribution in [0.4, 0.5) is 0 Å². The Bertz CT molecular complexity index is 189. The molecule has 0 aromatic rings. The van der Waals surface area contributed by atoms with E-state index in [4.69, 9.17) is 0 Å². The Morgan fingerprint density at radius 2 is 1.79 bits per heavy atom. The van der Waals surface area contributed by atoms with Gasteiger partial charge in [0.1, 0.15) is 0 Å². The molecule has 0 saturated carbocycles. The Balaban J connectivity index is 0. The van der Waals surface area contributed by atoms with Crippen molar-refractivity contribution in [3.8, 4) is 0 Å². The minimum atomic E-state index is -0.739. The molecule has 0 aromatic carbocycles.